The average Bonchev–Trinajstić information content (AvgIpc) is 2.68. The molecule has 2 unspecified atom stereocenters. The first-order valence-corrected chi connectivity index (χ1v) is 11.8. The second-order valence-electron chi connectivity index (χ2n) is 7.57. The Morgan fingerprint density at radius 1 is 1.17 bits per heavy atom. The Kier molecular flexibility index (Phi) is 6.55. The number of aryl methyl sites for hydroxylation is 2. The van der Waals surface area contributed by atoms with E-state index in [9.17, 15) is 13.2 Å². The number of fused-ring (bicyclic) bond motifs is 1. The van der Waals surface area contributed by atoms with E-state index in [1.165, 1.54) is 4.31 Å². The van der Waals surface area contributed by atoms with Crippen LogP contribution in [0.1, 0.15) is 24.5 Å². The fourth-order valence-electron chi connectivity index (χ4n) is 3.63. The van der Waals surface area contributed by atoms with E-state index in [0.717, 1.165) is 17.4 Å². The molecule has 1 aliphatic rings. The van der Waals surface area contributed by atoms with Crippen molar-refractivity contribution in [3.8, 4) is 11.5 Å². The van der Waals surface area contributed by atoms with Crippen molar-refractivity contribution in [1.29, 1.82) is 0 Å². The molecule has 1 aliphatic heterocycles. The van der Waals surface area contributed by atoms with Gasteiger partial charge in [-0.15, -0.1) is 0 Å². The van der Waals surface area contributed by atoms with Gasteiger partial charge in [0.15, 0.2) is 11.5 Å². The number of hydrogen-bond donors (Lipinski definition) is 1. The molecule has 1 N–H and O–H groups in total. The van der Waals surface area contributed by atoms with E-state index >= 15 is 0 Å². The zero-order valence-corrected chi connectivity index (χ0v) is 18.5. The molecule has 0 spiro atoms. The number of anilines is 1. The van der Waals surface area contributed by atoms with E-state index in [4.69, 9.17) is 9.47 Å². The summed E-state index contributed by atoms with van der Waals surface area (Å²) in [5.41, 5.74) is 2.35. The normalized spacial score (nSPS) is 16.6. The third kappa shape index (κ3) is 5.05. The van der Waals surface area contributed by atoms with Crippen LogP contribution in [0, 0.1) is 13.8 Å². The van der Waals surface area contributed by atoms with Gasteiger partial charge in [0.2, 0.25) is 15.9 Å². The van der Waals surface area contributed by atoms with Crippen molar-refractivity contribution >= 4 is 21.6 Å². The van der Waals surface area contributed by atoms with Crippen molar-refractivity contribution in [3.05, 3.63) is 53.6 Å². The Morgan fingerprint density at radius 3 is 2.40 bits per heavy atom. The monoisotopic (exact) mass is 432 g/mol. The summed E-state index contributed by atoms with van der Waals surface area (Å²) in [6.07, 6.45) is 1.10. The molecule has 1 heterocycles. The number of amides is 1. The highest BCUT2D eigenvalue weighted by Gasteiger charge is 2.32. The van der Waals surface area contributed by atoms with Crippen LogP contribution >= 0.6 is 0 Å². The molecule has 0 radical (unpaired) electrons. The van der Waals surface area contributed by atoms with Crippen molar-refractivity contribution in [1.82, 2.24) is 5.32 Å². The van der Waals surface area contributed by atoms with Gasteiger partial charge in [-0.1, -0.05) is 25.1 Å². The van der Waals surface area contributed by atoms with Gasteiger partial charge >= 0.3 is 0 Å². The molecule has 0 saturated heterocycles. The molecule has 7 nitrogen and oxygen atoms in total. The molecule has 0 aromatic heterocycles. The number of nitrogens with zero attached hydrogens (tertiary/aromatic N) is 1. The summed E-state index contributed by atoms with van der Waals surface area (Å²) < 4.78 is 37.9. The molecule has 2 aromatic rings. The highest BCUT2D eigenvalue weighted by Crippen LogP contribution is 2.30. The van der Waals surface area contributed by atoms with E-state index in [1.807, 2.05) is 44.2 Å². The number of hydrogen-bond acceptors (Lipinski definition) is 5. The maximum atomic E-state index is 13.0. The number of para-hydroxylation sites is 2. The zero-order chi connectivity index (χ0) is 21.9. The van der Waals surface area contributed by atoms with E-state index in [0.29, 0.717) is 30.2 Å². The van der Waals surface area contributed by atoms with Crippen molar-refractivity contribution in [3.63, 3.8) is 0 Å². The average molecular weight is 433 g/mol. The zero-order valence-electron chi connectivity index (χ0n) is 17.7. The van der Waals surface area contributed by atoms with E-state index in [1.54, 1.807) is 19.1 Å². The van der Waals surface area contributed by atoms with Crippen LogP contribution in [0.4, 0.5) is 5.69 Å². The van der Waals surface area contributed by atoms with Crippen LogP contribution in [0.2, 0.25) is 0 Å². The maximum Gasteiger partial charge on any atom is 0.244 e. The molecule has 0 saturated carbocycles. The van der Waals surface area contributed by atoms with Crippen molar-refractivity contribution in [2.75, 3.05) is 23.7 Å². The second-order valence-corrected chi connectivity index (χ2v) is 9.43. The summed E-state index contributed by atoms with van der Waals surface area (Å²) >= 11 is 0. The minimum Gasteiger partial charge on any atom is -0.486 e. The Labute approximate surface area is 178 Å². The molecule has 8 heteroatoms. The first-order valence-electron chi connectivity index (χ1n) is 9.93. The lowest BCUT2D eigenvalue weighted by molar-refractivity contribution is -0.122. The topological polar surface area (TPSA) is 84.9 Å². The van der Waals surface area contributed by atoms with E-state index in [2.05, 4.69) is 5.32 Å². The summed E-state index contributed by atoms with van der Waals surface area (Å²) in [6, 6.07) is 12.0. The molecular formula is C22H28N2O5S. The summed E-state index contributed by atoms with van der Waals surface area (Å²) in [7, 11) is -3.67. The van der Waals surface area contributed by atoms with Gasteiger partial charge in [0, 0.05) is 0 Å². The largest absolute Gasteiger partial charge is 0.486 e. The molecule has 0 bridgehead atoms. The van der Waals surface area contributed by atoms with Crippen LogP contribution in [0.3, 0.4) is 0 Å². The number of rotatable bonds is 7. The van der Waals surface area contributed by atoms with Crippen LogP contribution in [-0.4, -0.2) is 45.9 Å². The highest BCUT2D eigenvalue weighted by atomic mass is 32.2. The molecule has 2 atom stereocenters. The lowest BCUT2D eigenvalue weighted by Gasteiger charge is -2.31. The van der Waals surface area contributed by atoms with Gasteiger partial charge in [-0.05, 0) is 55.7 Å². The van der Waals surface area contributed by atoms with E-state index < -0.39 is 16.1 Å². The van der Waals surface area contributed by atoms with Crippen LogP contribution in [0.5, 0.6) is 11.5 Å². The van der Waals surface area contributed by atoms with Gasteiger partial charge in [-0.2, -0.15) is 0 Å². The Bertz CT molecular complexity index is 1000. The molecule has 30 heavy (non-hydrogen) atoms. The smallest absolute Gasteiger partial charge is 0.244 e. The first kappa shape index (κ1) is 22.0. The molecule has 1 amide bonds. The predicted octanol–water partition coefficient (Wildman–Crippen LogP) is 2.80. The van der Waals surface area contributed by atoms with Gasteiger partial charge in [0.25, 0.3) is 0 Å². The third-order valence-electron chi connectivity index (χ3n) is 4.86. The molecule has 0 aliphatic carbocycles. The molecular weight excluding hydrogens is 404 g/mol. The Morgan fingerprint density at radius 2 is 1.80 bits per heavy atom. The van der Waals surface area contributed by atoms with E-state index in [-0.39, 0.29) is 18.6 Å². The molecule has 3 rings (SSSR count). The SMILES string of the molecule is CCC(C(=O)NCC1COc2ccccc2O1)N(c1cc(C)cc(C)c1)S(C)(=O)=O. The lowest BCUT2D eigenvalue weighted by Crippen LogP contribution is -2.51. The summed E-state index contributed by atoms with van der Waals surface area (Å²) in [5, 5.41) is 2.84. The fourth-order valence-corrected chi connectivity index (χ4v) is 4.83. The van der Waals surface area contributed by atoms with Gasteiger partial charge < -0.3 is 14.8 Å². The Hall–Kier alpha value is -2.74. The minimum absolute atomic E-state index is 0.216. The van der Waals surface area contributed by atoms with Gasteiger partial charge in [0.05, 0.1) is 18.5 Å². The molecule has 2 aromatic carbocycles. The number of carbonyl (C=O) groups is 1. The van der Waals surface area contributed by atoms with Crippen molar-refractivity contribution in [2.24, 2.45) is 0 Å². The summed E-state index contributed by atoms with van der Waals surface area (Å²) in [6.45, 7) is 6.11. The number of benzene rings is 2. The molecule has 162 valence electrons. The molecule has 0 fully saturated rings. The van der Waals surface area contributed by atoms with Gasteiger partial charge in [-0.25, -0.2) is 8.42 Å². The van der Waals surface area contributed by atoms with Crippen LogP contribution in [0.25, 0.3) is 0 Å². The predicted molar refractivity (Wildman–Crippen MR) is 117 cm³/mol. The highest BCUT2D eigenvalue weighted by molar-refractivity contribution is 7.92. The van der Waals surface area contributed by atoms with Gasteiger partial charge in [-0.3, -0.25) is 9.10 Å². The maximum absolute atomic E-state index is 13.0. The van der Waals surface area contributed by atoms with Crippen molar-refractivity contribution < 1.29 is 22.7 Å². The number of nitrogens with one attached hydrogen (secondary N) is 1. The number of ether oxygens (including phenoxy) is 2. The standard InChI is InChI=1S/C22H28N2O5S/c1-5-19(24(30(4,26)27)17-11-15(2)10-16(3)12-17)22(25)23-13-18-14-28-20-8-6-7-9-21(20)29-18/h6-12,18-19H,5,13-14H2,1-4H3,(H,23,25). The lowest BCUT2D eigenvalue weighted by atomic mass is 10.1. The number of carbonyl (C=O) groups excluding carboxylic acids is 1. The fraction of sp³-hybridized carbons (Fsp3) is 0.409. The summed E-state index contributed by atoms with van der Waals surface area (Å²) in [5.74, 6) is 0.928. The Balaban J connectivity index is 1.75. The quantitative estimate of drug-likeness (QED) is 0.727. The van der Waals surface area contributed by atoms with Gasteiger partial charge in [0.1, 0.15) is 18.8 Å². The summed E-state index contributed by atoms with van der Waals surface area (Å²) in [4.78, 5) is 13.0. The third-order valence-corrected chi connectivity index (χ3v) is 6.04. The first-order chi connectivity index (χ1) is 14.2. The van der Waals surface area contributed by atoms with Crippen LogP contribution in [0.15, 0.2) is 42.5 Å². The number of sulfonamides is 1. The van der Waals surface area contributed by atoms with Crippen LogP contribution < -0.4 is 19.1 Å². The van der Waals surface area contributed by atoms with Crippen molar-refractivity contribution in [2.45, 2.75) is 39.3 Å². The second kappa shape index (κ2) is 8.95. The van der Waals surface area contributed by atoms with Crippen LogP contribution in [-0.2, 0) is 14.8 Å². The minimum atomic E-state index is -3.67.